The third kappa shape index (κ3) is 3.52. The monoisotopic (exact) mass is 447 g/mol. The molecule has 0 radical (unpaired) electrons. The van der Waals surface area contributed by atoms with Gasteiger partial charge < -0.3 is 19.9 Å². The van der Waals surface area contributed by atoms with Crippen molar-refractivity contribution in [3.05, 3.63) is 102 Å². The SMILES string of the molecule is Oc1ccc(Cl)cc1N1C(=S)NC(c2ccccn2)C1c1cccn1-c1ccccn1. The molecule has 1 saturated heterocycles. The summed E-state index contributed by atoms with van der Waals surface area (Å²) in [7, 11) is 0. The summed E-state index contributed by atoms with van der Waals surface area (Å²) in [6.07, 6.45) is 5.48. The van der Waals surface area contributed by atoms with Crippen molar-refractivity contribution in [2.24, 2.45) is 0 Å². The summed E-state index contributed by atoms with van der Waals surface area (Å²) in [4.78, 5) is 11.0. The number of benzene rings is 1. The van der Waals surface area contributed by atoms with Gasteiger partial charge in [0.25, 0.3) is 0 Å². The van der Waals surface area contributed by atoms with E-state index in [-0.39, 0.29) is 17.8 Å². The van der Waals surface area contributed by atoms with E-state index < -0.39 is 0 Å². The first-order valence-corrected chi connectivity index (χ1v) is 10.5. The summed E-state index contributed by atoms with van der Waals surface area (Å²) in [5.74, 6) is 0.881. The number of rotatable bonds is 4. The lowest BCUT2D eigenvalue weighted by Crippen LogP contribution is -2.30. The van der Waals surface area contributed by atoms with E-state index in [1.54, 1.807) is 30.6 Å². The lowest BCUT2D eigenvalue weighted by molar-refractivity contribution is 0.472. The van der Waals surface area contributed by atoms with Crippen LogP contribution in [0.3, 0.4) is 0 Å². The van der Waals surface area contributed by atoms with Gasteiger partial charge in [-0.25, -0.2) is 4.98 Å². The zero-order valence-corrected chi connectivity index (χ0v) is 17.8. The molecule has 1 aliphatic heterocycles. The maximum absolute atomic E-state index is 10.6. The minimum Gasteiger partial charge on any atom is -0.506 e. The second-order valence-electron chi connectivity index (χ2n) is 7.12. The molecule has 2 N–H and O–H groups in total. The summed E-state index contributed by atoms with van der Waals surface area (Å²) in [6, 6.07) is 19.9. The van der Waals surface area contributed by atoms with E-state index in [0.29, 0.717) is 15.8 Å². The molecule has 3 aromatic heterocycles. The standard InChI is InChI=1S/C23H18ClN5OS/c24-15-9-10-19(30)18(14-15)29-22(21(27-23(29)31)16-6-1-3-11-25-16)17-7-5-13-28(17)20-8-2-4-12-26-20/h1-14,21-22,30H,(H,27,31). The molecule has 6 nitrogen and oxygen atoms in total. The topological polar surface area (TPSA) is 66.2 Å². The number of aromatic nitrogens is 3. The van der Waals surface area contributed by atoms with Crippen molar-refractivity contribution in [3.8, 4) is 11.6 Å². The highest BCUT2D eigenvalue weighted by atomic mass is 35.5. The molecule has 2 unspecified atom stereocenters. The number of phenolic OH excluding ortho intramolecular Hbond substituents is 1. The Hall–Kier alpha value is -3.42. The second kappa shape index (κ2) is 8.02. The van der Waals surface area contributed by atoms with Crippen molar-refractivity contribution < 1.29 is 5.11 Å². The van der Waals surface area contributed by atoms with Gasteiger partial charge in [-0.05, 0) is 66.8 Å². The lowest BCUT2D eigenvalue weighted by Gasteiger charge is -2.29. The molecule has 31 heavy (non-hydrogen) atoms. The number of nitrogens with zero attached hydrogens (tertiary/aromatic N) is 4. The molecule has 4 aromatic rings. The van der Waals surface area contributed by atoms with Crippen LogP contribution >= 0.6 is 23.8 Å². The van der Waals surface area contributed by atoms with Crippen LogP contribution in [0.2, 0.25) is 5.02 Å². The molecule has 4 heterocycles. The van der Waals surface area contributed by atoms with Crippen LogP contribution in [-0.2, 0) is 0 Å². The molecule has 154 valence electrons. The van der Waals surface area contributed by atoms with Crippen LogP contribution in [0, 0.1) is 0 Å². The summed E-state index contributed by atoms with van der Waals surface area (Å²) < 4.78 is 2.02. The highest BCUT2D eigenvalue weighted by molar-refractivity contribution is 7.80. The van der Waals surface area contributed by atoms with Crippen molar-refractivity contribution in [1.82, 2.24) is 19.9 Å². The van der Waals surface area contributed by atoms with Gasteiger partial charge in [0, 0.05) is 29.3 Å². The van der Waals surface area contributed by atoms with Crippen molar-refractivity contribution in [2.45, 2.75) is 12.1 Å². The third-order valence-electron chi connectivity index (χ3n) is 5.27. The highest BCUT2D eigenvalue weighted by Gasteiger charge is 2.43. The molecule has 1 fully saturated rings. The first-order valence-electron chi connectivity index (χ1n) is 9.71. The predicted octanol–water partition coefficient (Wildman–Crippen LogP) is 4.80. The molecule has 0 aliphatic carbocycles. The molecule has 5 rings (SSSR count). The van der Waals surface area contributed by atoms with Gasteiger partial charge in [-0.1, -0.05) is 23.7 Å². The number of pyridine rings is 2. The van der Waals surface area contributed by atoms with Crippen molar-refractivity contribution in [1.29, 1.82) is 0 Å². The summed E-state index contributed by atoms with van der Waals surface area (Å²) in [5.41, 5.74) is 2.32. The lowest BCUT2D eigenvalue weighted by atomic mass is 10.0. The van der Waals surface area contributed by atoms with E-state index >= 15 is 0 Å². The van der Waals surface area contributed by atoms with Crippen molar-refractivity contribution >= 4 is 34.6 Å². The van der Waals surface area contributed by atoms with E-state index in [1.165, 1.54) is 0 Å². The number of anilines is 1. The Morgan fingerprint density at radius 2 is 1.77 bits per heavy atom. The minimum atomic E-state index is -0.302. The summed E-state index contributed by atoms with van der Waals surface area (Å²) >= 11 is 12.0. The van der Waals surface area contributed by atoms with Gasteiger partial charge in [0.1, 0.15) is 17.6 Å². The van der Waals surface area contributed by atoms with Gasteiger partial charge in [0.05, 0.1) is 17.4 Å². The largest absolute Gasteiger partial charge is 0.506 e. The van der Waals surface area contributed by atoms with Crippen LogP contribution in [0.15, 0.2) is 85.3 Å². The molecular formula is C23H18ClN5OS. The quantitative estimate of drug-likeness (QED) is 0.438. The van der Waals surface area contributed by atoms with Gasteiger partial charge in [0.2, 0.25) is 0 Å². The molecule has 8 heteroatoms. The maximum atomic E-state index is 10.6. The fraction of sp³-hybridized carbons (Fsp3) is 0.0870. The molecule has 0 saturated carbocycles. The Morgan fingerprint density at radius 1 is 0.968 bits per heavy atom. The smallest absolute Gasteiger partial charge is 0.174 e. The average Bonchev–Trinajstić information content (AvgIpc) is 3.41. The first kappa shape index (κ1) is 19.5. The minimum absolute atomic E-state index is 0.0937. The maximum Gasteiger partial charge on any atom is 0.174 e. The van der Waals surface area contributed by atoms with Crippen LogP contribution in [0.4, 0.5) is 5.69 Å². The van der Waals surface area contributed by atoms with Gasteiger partial charge >= 0.3 is 0 Å². The Bertz CT molecular complexity index is 1230. The second-order valence-corrected chi connectivity index (χ2v) is 7.94. The van der Waals surface area contributed by atoms with Gasteiger partial charge in [-0.3, -0.25) is 4.98 Å². The molecular weight excluding hydrogens is 430 g/mol. The average molecular weight is 448 g/mol. The number of hydrogen-bond donors (Lipinski definition) is 2. The molecule has 0 amide bonds. The Kier molecular flexibility index (Phi) is 5.05. The van der Waals surface area contributed by atoms with Crippen LogP contribution in [0.25, 0.3) is 5.82 Å². The van der Waals surface area contributed by atoms with E-state index in [4.69, 9.17) is 23.8 Å². The van der Waals surface area contributed by atoms with E-state index in [1.807, 2.05) is 64.2 Å². The normalized spacial score (nSPS) is 18.2. The number of aromatic hydroxyl groups is 1. The van der Waals surface area contributed by atoms with Crippen molar-refractivity contribution in [2.75, 3.05) is 4.90 Å². The molecule has 0 spiro atoms. The summed E-state index contributed by atoms with van der Waals surface area (Å²) in [6.45, 7) is 0. The van der Waals surface area contributed by atoms with E-state index in [2.05, 4.69) is 15.3 Å². The Balaban J connectivity index is 1.70. The van der Waals surface area contributed by atoms with Gasteiger partial charge in [-0.15, -0.1) is 0 Å². The molecule has 0 bridgehead atoms. The number of hydrogen-bond acceptors (Lipinski definition) is 4. The number of nitrogens with one attached hydrogen (secondary N) is 1. The predicted molar refractivity (Wildman–Crippen MR) is 125 cm³/mol. The fourth-order valence-electron chi connectivity index (χ4n) is 3.94. The zero-order valence-electron chi connectivity index (χ0n) is 16.3. The number of halogens is 1. The van der Waals surface area contributed by atoms with Gasteiger partial charge in [-0.2, -0.15) is 0 Å². The van der Waals surface area contributed by atoms with Crippen LogP contribution in [-0.4, -0.2) is 24.8 Å². The highest BCUT2D eigenvalue weighted by Crippen LogP contribution is 2.45. The van der Waals surface area contributed by atoms with E-state index in [9.17, 15) is 5.11 Å². The molecule has 2 atom stereocenters. The Labute approximate surface area is 189 Å². The molecule has 1 aliphatic rings. The molecule has 1 aromatic carbocycles. The van der Waals surface area contributed by atoms with Crippen molar-refractivity contribution in [3.63, 3.8) is 0 Å². The fourth-order valence-corrected chi connectivity index (χ4v) is 4.45. The van der Waals surface area contributed by atoms with Gasteiger partial charge in [0.15, 0.2) is 5.11 Å². The third-order valence-corrected chi connectivity index (χ3v) is 5.82. The van der Waals surface area contributed by atoms with E-state index in [0.717, 1.165) is 17.2 Å². The summed E-state index contributed by atoms with van der Waals surface area (Å²) in [5, 5.41) is 15.0. The Morgan fingerprint density at radius 3 is 2.52 bits per heavy atom. The van der Waals surface area contributed by atoms with Crippen LogP contribution in [0.5, 0.6) is 5.75 Å². The zero-order chi connectivity index (χ0) is 21.4. The van der Waals surface area contributed by atoms with Crippen LogP contribution < -0.4 is 10.2 Å². The number of thiocarbonyl (C=S) groups is 1. The van der Waals surface area contributed by atoms with Crippen LogP contribution in [0.1, 0.15) is 23.5 Å². The number of phenols is 1. The first-order chi connectivity index (χ1) is 15.1.